The molecule has 0 fully saturated rings. The third kappa shape index (κ3) is 10.2. The third-order valence-electron chi connectivity index (χ3n) is 5.62. The van der Waals surface area contributed by atoms with Crippen molar-refractivity contribution in [1.82, 2.24) is 5.48 Å². The van der Waals surface area contributed by atoms with Crippen molar-refractivity contribution < 1.29 is 28.7 Å². The number of hydroxylamine groups is 1. The van der Waals surface area contributed by atoms with E-state index in [0.29, 0.717) is 12.0 Å². The van der Waals surface area contributed by atoms with Gasteiger partial charge in [0.15, 0.2) is 0 Å². The van der Waals surface area contributed by atoms with Crippen LogP contribution in [0.2, 0.25) is 0 Å². The first-order chi connectivity index (χ1) is 18.2. The van der Waals surface area contributed by atoms with Gasteiger partial charge in [0.1, 0.15) is 12.2 Å². The Kier molecular flexibility index (Phi) is 10.6. The molecule has 7 heteroatoms. The molecule has 1 atom stereocenters. The molecule has 0 saturated carbocycles. The molecule has 1 N–H and O–H groups in total. The Morgan fingerprint density at radius 2 is 1.34 bits per heavy atom. The minimum Gasteiger partial charge on any atom is -0.461 e. The Morgan fingerprint density at radius 1 is 0.763 bits per heavy atom. The lowest BCUT2D eigenvalue weighted by Crippen LogP contribution is -2.26. The van der Waals surface area contributed by atoms with Gasteiger partial charge in [-0.15, -0.1) is 0 Å². The van der Waals surface area contributed by atoms with Crippen molar-refractivity contribution in [2.45, 2.75) is 58.8 Å². The van der Waals surface area contributed by atoms with Gasteiger partial charge in [-0.1, -0.05) is 72.8 Å². The molecule has 0 spiro atoms. The lowest BCUT2D eigenvalue weighted by molar-refractivity contribution is -0.150. The molecule has 0 aliphatic heterocycles. The fraction of sp³-hybridized carbons (Fsp3) is 0.323. The summed E-state index contributed by atoms with van der Waals surface area (Å²) in [4.78, 5) is 43.0. The molecular weight excluding hydrogens is 482 g/mol. The summed E-state index contributed by atoms with van der Waals surface area (Å²) in [5, 5.41) is 0. The van der Waals surface area contributed by atoms with E-state index in [4.69, 9.17) is 14.3 Å². The molecule has 1 unspecified atom stereocenters. The zero-order valence-corrected chi connectivity index (χ0v) is 22.1. The molecule has 0 bridgehead atoms. The Hall–Kier alpha value is -3.97. The van der Waals surface area contributed by atoms with Gasteiger partial charge in [-0.05, 0) is 62.4 Å². The van der Waals surface area contributed by atoms with Crippen LogP contribution in [0.5, 0.6) is 0 Å². The Labute approximate surface area is 224 Å². The summed E-state index contributed by atoms with van der Waals surface area (Å²) >= 11 is 0. The Balaban J connectivity index is 1.59. The average molecular weight is 518 g/mol. The maximum Gasteiger partial charge on any atom is 0.338 e. The van der Waals surface area contributed by atoms with Crippen molar-refractivity contribution in [1.29, 1.82) is 0 Å². The van der Waals surface area contributed by atoms with Crippen LogP contribution in [0.3, 0.4) is 0 Å². The molecule has 0 heterocycles. The average Bonchev–Trinajstić information content (AvgIpc) is 2.90. The van der Waals surface area contributed by atoms with Crippen molar-refractivity contribution in [2.24, 2.45) is 5.92 Å². The first kappa shape index (κ1) is 28.6. The number of nitrogens with one attached hydrogen (secondary N) is 1. The largest absolute Gasteiger partial charge is 0.461 e. The van der Waals surface area contributed by atoms with Gasteiger partial charge >= 0.3 is 11.9 Å². The second-order valence-corrected chi connectivity index (χ2v) is 10.0. The molecule has 7 nitrogen and oxygen atoms in total. The van der Waals surface area contributed by atoms with Crippen molar-refractivity contribution in [3.8, 4) is 0 Å². The number of benzene rings is 3. The van der Waals surface area contributed by atoms with Gasteiger partial charge in [0.25, 0.3) is 0 Å². The van der Waals surface area contributed by atoms with E-state index in [1.165, 1.54) is 0 Å². The van der Waals surface area contributed by atoms with E-state index in [1.807, 2.05) is 81.4 Å². The summed E-state index contributed by atoms with van der Waals surface area (Å²) in [5.41, 5.74) is 4.95. The highest BCUT2D eigenvalue weighted by Gasteiger charge is 2.23. The van der Waals surface area contributed by atoms with Crippen LogP contribution in [-0.4, -0.2) is 23.4 Å². The van der Waals surface area contributed by atoms with E-state index >= 15 is 0 Å². The van der Waals surface area contributed by atoms with Crippen LogP contribution in [0.1, 0.15) is 60.7 Å². The topological polar surface area (TPSA) is 90.9 Å². The van der Waals surface area contributed by atoms with Crippen LogP contribution in [0.4, 0.5) is 0 Å². The van der Waals surface area contributed by atoms with Crippen LogP contribution in [0, 0.1) is 5.92 Å². The summed E-state index contributed by atoms with van der Waals surface area (Å²) < 4.78 is 11.0. The number of carbonyl (C=O) groups is 3. The van der Waals surface area contributed by atoms with Crippen LogP contribution >= 0.6 is 0 Å². The fourth-order valence-corrected chi connectivity index (χ4v) is 3.68. The van der Waals surface area contributed by atoms with Gasteiger partial charge in [-0.25, -0.2) is 10.3 Å². The highest BCUT2D eigenvalue weighted by molar-refractivity contribution is 5.89. The van der Waals surface area contributed by atoms with Crippen LogP contribution in [0.25, 0.3) is 0 Å². The molecule has 0 aromatic heterocycles. The van der Waals surface area contributed by atoms with Gasteiger partial charge in [0, 0.05) is 6.42 Å². The van der Waals surface area contributed by atoms with E-state index in [0.717, 1.165) is 16.7 Å². The van der Waals surface area contributed by atoms with Gasteiger partial charge in [-0.3, -0.25) is 14.4 Å². The number of hydrogen-bond acceptors (Lipinski definition) is 6. The van der Waals surface area contributed by atoms with Crippen LogP contribution in [-0.2, 0) is 43.5 Å². The normalized spacial score (nSPS) is 11.9. The minimum absolute atomic E-state index is 0.0931. The summed E-state index contributed by atoms with van der Waals surface area (Å²) in [7, 11) is 0. The van der Waals surface area contributed by atoms with Crippen molar-refractivity contribution in [2.75, 3.05) is 0 Å². The summed E-state index contributed by atoms with van der Waals surface area (Å²) in [5.74, 6) is -1.66. The Bertz CT molecular complexity index is 1170. The first-order valence-electron chi connectivity index (χ1n) is 12.7. The third-order valence-corrected chi connectivity index (χ3v) is 5.62. The molecule has 38 heavy (non-hydrogen) atoms. The van der Waals surface area contributed by atoms with Crippen LogP contribution in [0.15, 0.2) is 84.9 Å². The smallest absolute Gasteiger partial charge is 0.338 e. The van der Waals surface area contributed by atoms with Crippen molar-refractivity contribution in [3.05, 3.63) is 107 Å². The molecule has 3 aromatic carbocycles. The van der Waals surface area contributed by atoms with Crippen molar-refractivity contribution >= 4 is 17.8 Å². The number of amides is 1. The van der Waals surface area contributed by atoms with E-state index in [-0.39, 0.29) is 37.9 Å². The lowest BCUT2D eigenvalue weighted by atomic mass is 9.94. The second-order valence-electron chi connectivity index (χ2n) is 10.0. The standard InChI is InChI=1S/C31H35NO6/c1-31(2,3)38-30(35)26-16-14-23(15-17-26)20-27(29(34)36-21-24-10-6-4-7-11-24)18-19-28(33)32-37-22-25-12-8-5-9-13-25/h4-17,27H,18-22H2,1-3H3,(H,32,33). The monoisotopic (exact) mass is 517 g/mol. The summed E-state index contributed by atoms with van der Waals surface area (Å²) in [6.45, 7) is 5.84. The highest BCUT2D eigenvalue weighted by Crippen LogP contribution is 2.19. The lowest BCUT2D eigenvalue weighted by Gasteiger charge is -2.19. The van der Waals surface area contributed by atoms with Gasteiger partial charge in [0.05, 0.1) is 18.1 Å². The van der Waals surface area contributed by atoms with Gasteiger partial charge in [0.2, 0.25) is 5.91 Å². The van der Waals surface area contributed by atoms with Crippen molar-refractivity contribution in [3.63, 3.8) is 0 Å². The number of esters is 2. The SMILES string of the molecule is CC(C)(C)OC(=O)c1ccc(CC(CCC(=O)NOCc2ccccc2)C(=O)OCc2ccccc2)cc1. The van der Waals surface area contributed by atoms with E-state index in [9.17, 15) is 14.4 Å². The van der Waals surface area contributed by atoms with E-state index < -0.39 is 17.5 Å². The Morgan fingerprint density at radius 3 is 1.92 bits per heavy atom. The molecule has 0 aliphatic rings. The summed E-state index contributed by atoms with van der Waals surface area (Å²) in [6, 6.07) is 25.9. The maximum atomic E-state index is 13.0. The van der Waals surface area contributed by atoms with E-state index in [1.54, 1.807) is 24.3 Å². The molecular formula is C31H35NO6. The number of hydrogen-bond donors (Lipinski definition) is 1. The molecule has 3 aromatic rings. The predicted octanol–water partition coefficient (Wildman–Crippen LogP) is 5.57. The predicted molar refractivity (Wildman–Crippen MR) is 144 cm³/mol. The number of ether oxygens (including phenoxy) is 2. The zero-order chi connectivity index (χ0) is 27.4. The quantitative estimate of drug-likeness (QED) is 0.249. The van der Waals surface area contributed by atoms with Gasteiger partial charge < -0.3 is 9.47 Å². The molecule has 0 saturated heterocycles. The van der Waals surface area contributed by atoms with Gasteiger partial charge in [-0.2, -0.15) is 0 Å². The maximum absolute atomic E-state index is 13.0. The summed E-state index contributed by atoms with van der Waals surface area (Å²) in [6.07, 6.45) is 0.734. The van der Waals surface area contributed by atoms with E-state index in [2.05, 4.69) is 5.48 Å². The molecule has 0 aliphatic carbocycles. The molecule has 200 valence electrons. The number of rotatable bonds is 12. The second kappa shape index (κ2) is 14.1. The first-order valence-corrected chi connectivity index (χ1v) is 12.7. The fourth-order valence-electron chi connectivity index (χ4n) is 3.68. The molecule has 3 rings (SSSR count). The molecule has 1 amide bonds. The minimum atomic E-state index is -0.589. The number of carbonyl (C=O) groups excluding carboxylic acids is 3. The molecule has 0 radical (unpaired) electrons. The highest BCUT2D eigenvalue weighted by atomic mass is 16.6. The van der Waals surface area contributed by atoms with Crippen LogP contribution < -0.4 is 5.48 Å². The zero-order valence-electron chi connectivity index (χ0n) is 22.1.